The molecule has 1 aliphatic heterocycles. The van der Waals surface area contributed by atoms with Gasteiger partial charge >= 0.3 is 5.97 Å². The lowest BCUT2D eigenvalue weighted by Crippen LogP contribution is -2.54. The summed E-state index contributed by atoms with van der Waals surface area (Å²) in [5.41, 5.74) is -0.859. The maximum atomic E-state index is 11.4. The highest BCUT2D eigenvalue weighted by atomic mass is 16.5. The predicted octanol–water partition coefficient (Wildman–Crippen LogP) is 0.939. The molecular weight excluding hydrogens is 232 g/mol. The second-order valence-electron chi connectivity index (χ2n) is 5.40. The zero-order valence-corrected chi connectivity index (χ0v) is 11.9. The van der Waals surface area contributed by atoms with E-state index in [1.807, 2.05) is 6.92 Å². The standard InChI is InChI=1S/C13H26N2O3/c1-5-14-13(3,12(16)17)8-10(2)15(4)11-6-7-18-9-11/h10-11,14H,5-9H2,1-4H3,(H,16,17). The number of hydrogen-bond donors (Lipinski definition) is 2. The first-order valence-electron chi connectivity index (χ1n) is 6.69. The van der Waals surface area contributed by atoms with Crippen LogP contribution in [0.4, 0.5) is 0 Å². The van der Waals surface area contributed by atoms with Gasteiger partial charge in [-0.05, 0) is 40.3 Å². The molecule has 0 saturated carbocycles. The van der Waals surface area contributed by atoms with E-state index in [2.05, 4.69) is 24.2 Å². The van der Waals surface area contributed by atoms with Crippen LogP contribution in [0.25, 0.3) is 0 Å². The number of ether oxygens (including phenoxy) is 1. The normalized spacial score (nSPS) is 25.1. The van der Waals surface area contributed by atoms with Crippen molar-refractivity contribution in [2.24, 2.45) is 0 Å². The third kappa shape index (κ3) is 3.67. The van der Waals surface area contributed by atoms with Gasteiger partial charge in [0.15, 0.2) is 0 Å². The topological polar surface area (TPSA) is 61.8 Å². The minimum atomic E-state index is -0.859. The smallest absolute Gasteiger partial charge is 0.323 e. The zero-order chi connectivity index (χ0) is 13.8. The van der Waals surface area contributed by atoms with Crippen molar-refractivity contribution >= 4 is 5.97 Å². The molecule has 18 heavy (non-hydrogen) atoms. The van der Waals surface area contributed by atoms with E-state index in [1.54, 1.807) is 6.92 Å². The molecule has 0 spiro atoms. The number of carbonyl (C=O) groups is 1. The second-order valence-corrected chi connectivity index (χ2v) is 5.40. The van der Waals surface area contributed by atoms with E-state index in [0.29, 0.717) is 19.0 Å². The van der Waals surface area contributed by atoms with Crippen molar-refractivity contribution in [2.45, 2.75) is 51.2 Å². The molecule has 3 atom stereocenters. The molecular formula is C13H26N2O3. The molecule has 2 N–H and O–H groups in total. The Hall–Kier alpha value is -0.650. The van der Waals surface area contributed by atoms with E-state index in [1.165, 1.54) is 0 Å². The van der Waals surface area contributed by atoms with Crippen LogP contribution < -0.4 is 5.32 Å². The van der Waals surface area contributed by atoms with Crippen LogP contribution in [-0.4, -0.2) is 60.4 Å². The Labute approximate surface area is 109 Å². The van der Waals surface area contributed by atoms with E-state index in [4.69, 9.17) is 4.74 Å². The first-order valence-corrected chi connectivity index (χ1v) is 6.69. The van der Waals surface area contributed by atoms with Crippen LogP contribution in [0, 0.1) is 0 Å². The molecule has 0 aromatic heterocycles. The summed E-state index contributed by atoms with van der Waals surface area (Å²) in [7, 11) is 2.05. The number of hydrogen-bond acceptors (Lipinski definition) is 4. The highest BCUT2D eigenvalue weighted by molar-refractivity contribution is 5.78. The first kappa shape index (κ1) is 15.4. The number of carboxylic acids is 1. The number of carboxylic acid groups (broad SMARTS) is 1. The van der Waals surface area contributed by atoms with Crippen molar-refractivity contribution in [2.75, 3.05) is 26.8 Å². The maximum Gasteiger partial charge on any atom is 0.323 e. The molecule has 0 amide bonds. The van der Waals surface area contributed by atoms with Gasteiger partial charge in [-0.1, -0.05) is 6.92 Å². The highest BCUT2D eigenvalue weighted by Crippen LogP contribution is 2.20. The van der Waals surface area contributed by atoms with E-state index >= 15 is 0 Å². The molecule has 0 aromatic carbocycles. The molecule has 1 saturated heterocycles. The molecule has 1 fully saturated rings. The Balaban J connectivity index is 2.59. The first-order chi connectivity index (χ1) is 8.40. The van der Waals surface area contributed by atoms with Crippen LogP contribution in [0.1, 0.15) is 33.6 Å². The number of nitrogens with one attached hydrogen (secondary N) is 1. The summed E-state index contributed by atoms with van der Waals surface area (Å²) in [5, 5.41) is 12.4. The van der Waals surface area contributed by atoms with Gasteiger partial charge in [0.05, 0.1) is 6.61 Å². The van der Waals surface area contributed by atoms with Crippen molar-refractivity contribution in [1.29, 1.82) is 0 Å². The molecule has 1 rings (SSSR count). The molecule has 5 nitrogen and oxygen atoms in total. The minimum Gasteiger partial charge on any atom is -0.480 e. The quantitative estimate of drug-likeness (QED) is 0.711. The molecule has 0 aromatic rings. The van der Waals surface area contributed by atoms with Crippen LogP contribution in [0.2, 0.25) is 0 Å². The van der Waals surface area contributed by atoms with Gasteiger partial charge in [-0.3, -0.25) is 9.69 Å². The van der Waals surface area contributed by atoms with Gasteiger partial charge in [0.1, 0.15) is 5.54 Å². The van der Waals surface area contributed by atoms with Gasteiger partial charge in [-0.25, -0.2) is 0 Å². The van der Waals surface area contributed by atoms with E-state index in [0.717, 1.165) is 19.6 Å². The molecule has 0 bridgehead atoms. The minimum absolute atomic E-state index is 0.205. The summed E-state index contributed by atoms with van der Waals surface area (Å²) >= 11 is 0. The molecule has 0 radical (unpaired) electrons. The molecule has 1 heterocycles. The van der Waals surface area contributed by atoms with Gasteiger partial charge < -0.3 is 15.2 Å². The van der Waals surface area contributed by atoms with Crippen molar-refractivity contribution in [3.05, 3.63) is 0 Å². The highest BCUT2D eigenvalue weighted by Gasteiger charge is 2.36. The Bertz CT molecular complexity index is 279. The fourth-order valence-corrected chi connectivity index (χ4v) is 2.56. The summed E-state index contributed by atoms with van der Waals surface area (Å²) in [5.74, 6) is -0.785. The summed E-state index contributed by atoms with van der Waals surface area (Å²) < 4.78 is 5.38. The number of rotatable bonds is 7. The van der Waals surface area contributed by atoms with Gasteiger partial charge in [0, 0.05) is 18.7 Å². The fraction of sp³-hybridized carbons (Fsp3) is 0.923. The van der Waals surface area contributed by atoms with Crippen LogP contribution >= 0.6 is 0 Å². The van der Waals surface area contributed by atoms with Crippen molar-refractivity contribution in [1.82, 2.24) is 10.2 Å². The SMILES string of the molecule is CCNC(C)(CC(C)N(C)C1CCOC1)C(=O)O. The number of likely N-dealkylation sites (N-methyl/N-ethyl adjacent to an activating group) is 2. The van der Waals surface area contributed by atoms with Crippen LogP contribution in [-0.2, 0) is 9.53 Å². The Kier molecular flexibility index (Phi) is 5.56. The van der Waals surface area contributed by atoms with Crippen molar-refractivity contribution in [3.8, 4) is 0 Å². The Morgan fingerprint density at radius 3 is 2.78 bits per heavy atom. The second kappa shape index (κ2) is 6.50. The Morgan fingerprint density at radius 1 is 1.67 bits per heavy atom. The molecule has 106 valence electrons. The van der Waals surface area contributed by atoms with Gasteiger partial charge in [-0.2, -0.15) is 0 Å². The largest absolute Gasteiger partial charge is 0.480 e. The monoisotopic (exact) mass is 258 g/mol. The van der Waals surface area contributed by atoms with Crippen LogP contribution in [0.3, 0.4) is 0 Å². The van der Waals surface area contributed by atoms with Crippen molar-refractivity contribution < 1.29 is 14.6 Å². The van der Waals surface area contributed by atoms with Gasteiger partial charge in [0.25, 0.3) is 0 Å². The van der Waals surface area contributed by atoms with Gasteiger partial charge in [-0.15, -0.1) is 0 Å². The average molecular weight is 258 g/mol. The summed E-state index contributed by atoms with van der Waals surface area (Å²) in [6, 6.07) is 0.622. The third-order valence-electron chi connectivity index (χ3n) is 3.92. The predicted molar refractivity (Wildman–Crippen MR) is 70.8 cm³/mol. The lowest BCUT2D eigenvalue weighted by atomic mass is 9.92. The summed E-state index contributed by atoms with van der Waals surface area (Å²) in [6.45, 7) is 7.99. The average Bonchev–Trinajstić information content (AvgIpc) is 2.81. The lowest BCUT2D eigenvalue weighted by Gasteiger charge is -2.35. The molecule has 1 aliphatic rings. The zero-order valence-electron chi connectivity index (χ0n) is 11.9. The van der Waals surface area contributed by atoms with E-state index < -0.39 is 11.5 Å². The number of aliphatic carboxylic acids is 1. The van der Waals surface area contributed by atoms with Crippen molar-refractivity contribution in [3.63, 3.8) is 0 Å². The summed E-state index contributed by atoms with van der Waals surface area (Å²) in [6.07, 6.45) is 1.62. The van der Waals surface area contributed by atoms with Crippen LogP contribution in [0.5, 0.6) is 0 Å². The molecule has 0 aliphatic carbocycles. The lowest BCUT2D eigenvalue weighted by molar-refractivity contribution is -0.145. The van der Waals surface area contributed by atoms with Gasteiger partial charge in [0.2, 0.25) is 0 Å². The van der Waals surface area contributed by atoms with Crippen LogP contribution in [0.15, 0.2) is 0 Å². The fourth-order valence-electron chi connectivity index (χ4n) is 2.56. The van der Waals surface area contributed by atoms with E-state index in [-0.39, 0.29) is 6.04 Å². The Morgan fingerprint density at radius 2 is 2.33 bits per heavy atom. The maximum absolute atomic E-state index is 11.4. The van der Waals surface area contributed by atoms with E-state index in [9.17, 15) is 9.90 Å². The molecule has 3 unspecified atom stereocenters. The number of nitrogens with zero attached hydrogens (tertiary/aromatic N) is 1. The molecule has 5 heteroatoms. The summed E-state index contributed by atoms with van der Waals surface area (Å²) in [4.78, 5) is 13.6. The third-order valence-corrected chi connectivity index (χ3v) is 3.92.